The molecule has 0 radical (unpaired) electrons. The second kappa shape index (κ2) is 9.31. The smallest absolute Gasteiger partial charge is 0.282 e. The lowest BCUT2D eigenvalue weighted by Gasteiger charge is -2.18. The first-order valence-electron chi connectivity index (χ1n) is 11.3. The summed E-state index contributed by atoms with van der Waals surface area (Å²) in [5.74, 6) is 0.358. The van der Waals surface area contributed by atoms with E-state index in [2.05, 4.69) is 37.8 Å². The summed E-state index contributed by atoms with van der Waals surface area (Å²) in [5.41, 5.74) is 4.93. The number of hydrogen-bond acceptors (Lipinski definition) is 7. The van der Waals surface area contributed by atoms with Crippen molar-refractivity contribution in [3.8, 4) is 16.9 Å². The van der Waals surface area contributed by atoms with Crippen LogP contribution in [0.5, 0.6) is 0 Å². The molecule has 0 saturated carbocycles. The van der Waals surface area contributed by atoms with Crippen LogP contribution in [0.3, 0.4) is 0 Å². The van der Waals surface area contributed by atoms with Gasteiger partial charge in [-0.25, -0.2) is 9.97 Å². The highest BCUT2D eigenvalue weighted by Gasteiger charge is 2.19. The molecule has 6 rings (SSSR count). The second-order valence-electron chi connectivity index (χ2n) is 8.36. The average molecular weight is 516 g/mol. The van der Waals surface area contributed by atoms with Crippen LogP contribution in [0.1, 0.15) is 11.1 Å². The number of hydrogen-bond donors (Lipinski definition) is 2. The van der Waals surface area contributed by atoms with E-state index < -0.39 is 5.56 Å². The Morgan fingerprint density at radius 2 is 1.81 bits per heavy atom. The standard InChI is InChI=1S/C26H19Cl2N7O/c27-20-2-1-3-21(28)24(20)35-25(36)19-14-31-26(32-18-5-4-15-6-11-30-13-17(15)12-18)33-23(19)22(34-35)16-7-9-29-10-8-16/h1-5,7-10,12,14,30H,6,11,13H2,(H,31,32,33). The minimum Gasteiger partial charge on any atom is -0.324 e. The summed E-state index contributed by atoms with van der Waals surface area (Å²) in [6.45, 7) is 1.80. The van der Waals surface area contributed by atoms with Crippen molar-refractivity contribution in [1.29, 1.82) is 0 Å². The van der Waals surface area contributed by atoms with Gasteiger partial charge in [-0.2, -0.15) is 9.78 Å². The molecule has 0 amide bonds. The summed E-state index contributed by atoms with van der Waals surface area (Å²) < 4.78 is 1.20. The number of fused-ring (bicyclic) bond motifs is 2. The van der Waals surface area contributed by atoms with Gasteiger partial charge in [-0.05, 0) is 60.5 Å². The number of rotatable bonds is 4. The third-order valence-corrected chi connectivity index (χ3v) is 6.70. The normalized spacial score (nSPS) is 12.9. The number of halogens is 2. The molecule has 0 aliphatic carbocycles. The molecule has 2 aromatic carbocycles. The molecule has 3 aromatic heterocycles. The molecule has 0 saturated heterocycles. The molecule has 178 valence electrons. The number of nitrogens with zero attached hydrogens (tertiary/aromatic N) is 5. The van der Waals surface area contributed by atoms with Gasteiger partial charge in [-0.15, -0.1) is 0 Å². The van der Waals surface area contributed by atoms with Crippen LogP contribution in [-0.4, -0.2) is 31.3 Å². The molecular formula is C26H19Cl2N7O. The summed E-state index contributed by atoms with van der Waals surface area (Å²) in [5, 5.41) is 12.2. The Hall–Kier alpha value is -3.85. The van der Waals surface area contributed by atoms with Gasteiger partial charge in [0.1, 0.15) is 16.9 Å². The van der Waals surface area contributed by atoms with Gasteiger partial charge in [-0.3, -0.25) is 9.78 Å². The van der Waals surface area contributed by atoms with E-state index in [0.29, 0.717) is 32.9 Å². The first kappa shape index (κ1) is 22.6. The fourth-order valence-corrected chi connectivity index (χ4v) is 4.88. The summed E-state index contributed by atoms with van der Waals surface area (Å²) in [6.07, 6.45) is 5.82. The fraction of sp³-hybridized carbons (Fsp3) is 0.115. The van der Waals surface area contributed by atoms with Crippen LogP contribution in [0.15, 0.2) is 71.9 Å². The largest absolute Gasteiger partial charge is 0.324 e. The van der Waals surface area contributed by atoms with Crippen molar-refractivity contribution >= 4 is 45.7 Å². The van der Waals surface area contributed by atoms with Gasteiger partial charge in [0, 0.05) is 36.4 Å². The van der Waals surface area contributed by atoms with Gasteiger partial charge >= 0.3 is 0 Å². The summed E-state index contributed by atoms with van der Waals surface area (Å²) in [4.78, 5) is 26.7. The molecule has 0 unspecified atom stereocenters. The molecule has 0 atom stereocenters. The predicted octanol–water partition coefficient (Wildman–Crippen LogP) is 4.93. The minimum absolute atomic E-state index is 0.285. The lowest BCUT2D eigenvalue weighted by molar-refractivity contribution is 0.644. The van der Waals surface area contributed by atoms with Gasteiger partial charge in [0.15, 0.2) is 0 Å². The van der Waals surface area contributed by atoms with Gasteiger partial charge in [0.2, 0.25) is 5.95 Å². The molecule has 0 spiro atoms. The highest BCUT2D eigenvalue weighted by Crippen LogP contribution is 2.30. The fourth-order valence-electron chi connectivity index (χ4n) is 4.32. The van der Waals surface area contributed by atoms with Crippen LogP contribution < -0.4 is 16.2 Å². The third-order valence-electron chi connectivity index (χ3n) is 6.09. The molecule has 5 aromatic rings. The van der Waals surface area contributed by atoms with Gasteiger partial charge in [0.05, 0.1) is 15.4 Å². The molecule has 8 nitrogen and oxygen atoms in total. The molecular weight excluding hydrogens is 497 g/mol. The molecule has 0 fully saturated rings. The Morgan fingerprint density at radius 1 is 1.00 bits per heavy atom. The SMILES string of the molecule is O=c1c2cnc(Nc3ccc4c(c3)CNCC4)nc2c(-c2ccncc2)nn1-c1c(Cl)cccc1Cl. The lowest BCUT2D eigenvalue weighted by atomic mass is 10.0. The number of pyridine rings is 1. The van der Waals surface area contributed by atoms with Crippen molar-refractivity contribution in [2.45, 2.75) is 13.0 Å². The maximum absolute atomic E-state index is 13.5. The average Bonchev–Trinajstić information content (AvgIpc) is 2.90. The van der Waals surface area contributed by atoms with Crippen LogP contribution in [0.4, 0.5) is 11.6 Å². The number of para-hydroxylation sites is 1. The van der Waals surface area contributed by atoms with Crippen LogP contribution >= 0.6 is 23.2 Å². The molecule has 0 bridgehead atoms. The zero-order chi connectivity index (χ0) is 24.6. The van der Waals surface area contributed by atoms with Gasteiger partial charge in [0.25, 0.3) is 5.56 Å². The molecule has 1 aliphatic rings. The Bertz CT molecular complexity index is 1650. The van der Waals surface area contributed by atoms with Crippen LogP contribution in [-0.2, 0) is 13.0 Å². The molecule has 4 heterocycles. The summed E-state index contributed by atoms with van der Waals surface area (Å²) in [7, 11) is 0. The Kier molecular flexibility index (Phi) is 5.85. The molecule has 10 heteroatoms. The number of aromatic nitrogens is 5. The van der Waals surface area contributed by atoms with Crippen molar-refractivity contribution in [1.82, 2.24) is 30.0 Å². The molecule has 2 N–H and O–H groups in total. The van der Waals surface area contributed by atoms with E-state index in [1.807, 2.05) is 6.07 Å². The highest BCUT2D eigenvalue weighted by molar-refractivity contribution is 6.37. The summed E-state index contributed by atoms with van der Waals surface area (Å²) >= 11 is 12.8. The van der Waals surface area contributed by atoms with Crippen LogP contribution in [0.25, 0.3) is 27.8 Å². The van der Waals surface area contributed by atoms with Crippen molar-refractivity contribution < 1.29 is 0 Å². The Labute approximate surface area is 216 Å². The Balaban J connectivity index is 1.52. The van der Waals surface area contributed by atoms with Crippen molar-refractivity contribution in [3.63, 3.8) is 0 Å². The molecule has 1 aliphatic heterocycles. The first-order chi connectivity index (χ1) is 17.6. The van der Waals surface area contributed by atoms with Gasteiger partial charge < -0.3 is 10.6 Å². The van der Waals surface area contributed by atoms with E-state index in [9.17, 15) is 4.79 Å². The monoisotopic (exact) mass is 515 g/mol. The zero-order valence-corrected chi connectivity index (χ0v) is 20.4. The third kappa shape index (κ3) is 4.09. The van der Waals surface area contributed by atoms with Crippen LogP contribution in [0.2, 0.25) is 10.0 Å². The van der Waals surface area contributed by atoms with Gasteiger partial charge in [-0.1, -0.05) is 35.3 Å². The number of anilines is 2. The quantitative estimate of drug-likeness (QED) is 0.350. The number of nitrogens with one attached hydrogen (secondary N) is 2. The van der Waals surface area contributed by atoms with E-state index in [-0.39, 0.29) is 5.39 Å². The van der Waals surface area contributed by atoms with Crippen molar-refractivity contribution in [3.05, 3.63) is 98.6 Å². The predicted molar refractivity (Wildman–Crippen MR) is 141 cm³/mol. The summed E-state index contributed by atoms with van der Waals surface area (Å²) in [6, 6.07) is 14.9. The van der Waals surface area contributed by atoms with E-state index in [0.717, 1.165) is 30.8 Å². The highest BCUT2D eigenvalue weighted by atomic mass is 35.5. The van der Waals surface area contributed by atoms with E-state index in [1.165, 1.54) is 22.0 Å². The number of benzene rings is 2. The molecule has 36 heavy (non-hydrogen) atoms. The Morgan fingerprint density at radius 3 is 2.61 bits per heavy atom. The van der Waals surface area contributed by atoms with Crippen molar-refractivity contribution in [2.24, 2.45) is 0 Å². The first-order valence-corrected chi connectivity index (χ1v) is 12.1. The van der Waals surface area contributed by atoms with E-state index >= 15 is 0 Å². The lowest BCUT2D eigenvalue weighted by Crippen LogP contribution is -2.24. The minimum atomic E-state index is -0.427. The second-order valence-corrected chi connectivity index (χ2v) is 9.18. The van der Waals surface area contributed by atoms with E-state index in [4.69, 9.17) is 28.2 Å². The van der Waals surface area contributed by atoms with Crippen molar-refractivity contribution in [2.75, 3.05) is 11.9 Å². The maximum atomic E-state index is 13.5. The van der Waals surface area contributed by atoms with E-state index in [1.54, 1.807) is 42.7 Å². The maximum Gasteiger partial charge on any atom is 0.282 e. The van der Waals surface area contributed by atoms with Crippen LogP contribution in [0, 0.1) is 0 Å². The topological polar surface area (TPSA) is 97.6 Å². The zero-order valence-electron chi connectivity index (χ0n) is 18.9.